The third-order valence-electron chi connectivity index (χ3n) is 6.81. The van der Waals surface area contributed by atoms with Crippen molar-refractivity contribution in [1.82, 2.24) is 4.90 Å². The van der Waals surface area contributed by atoms with Crippen LogP contribution in [0, 0.1) is 11.8 Å². The first-order valence-corrected chi connectivity index (χ1v) is 12.8. The van der Waals surface area contributed by atoms with Gasteiger partial charge in [0.15, 0.2) is 11.5 Å². The molecule has 2 fully saturated rings. The van der Waals surface area contributed by atoms with Crippen LogP contribution < -0.4 is 9.47 Å². The molecule has 5 nitrogen and oxygen atoms in total. The van der Waals surface area contributed by atoms with Crippen LogP contribution in [0.25, 0.3) is 0 Å². The largest absolute Gasteiger partial charge is 0.454 e. The molecule has 1 saturated carbocycles. The number of nitrogens with zero attached hydrogens (tertiary/aromatic N) is 1. The minimum absolute atomic E-state index is 0.345. The molecular formula is C22H33NO4S. The number of fused-ring (bicyclic) bond motifs is 1. The molecule has 0 bridgehead atoms. The number of rotatable bonds is 6. The van der Waals surface area contributed by atoms with Gasteiger partial charge in [-0.1, -0.05) is 25.0 Å². The smallest absolute Gasteiger partial charge is 0.231 e. The van der Waals surface area contributed by atoms with Gasteiger partial charge < -0.3 is 14.4 Å². The SMILES string of the molecule is CS(=O)(=O)CC1CCC(CCN2CCC(c3cccc4c3OCO4)CC2)CC1. The Balaban J connectivity index is 1.19. The molecule has 156 valence electrons. The second-order valence-electron chi connectivity index (χ2n) is 8.96. The van der Waals surface area contributed by atoms with E-state index in [2.05, 4.69) is 17.0 Å². The summed E-state index contributed by atoms with van der Waals surface area (Å²) in [6, 6.07) is 6.27. The normalized spacial score (nSPS) is 26.5. The van der Waals surface area contributed by atoms with Gasteiger partial charge in [-0.25, -0.2) is 8.42 Å². The molecule has 0 aromatic heterocycles. The first-order valence-electron chi connectivity index (χ1n) is 10.8. The molecule has 0 N–H and O–H groups in total. The molecule has 1 aromatic carbocycles. The predicted molar refractivity (Wildman–Crippen MR) is 111 cm³/mol. The second-order valence-corrected chi connectivity index (χ2v) is 11.1. The highest BCUT2D eigenvalue weighted by Crippen LogP contribution is 2.42. The topological polar surface area (TPSA) is 55.8 Å². The maximum atomic E-state index is 11.5. The van der Waals surface area contributed by atoms with E-state index in [-0.39, 0.29) is 0 Å². The van der Waals surface area contributed by atoms with Gasteiger partial charge in [0.2, 0.25) is 6.79 Å². The van der Waals surface area contributed by atoms with Gasteiger partial charge in [-0.3, -0.25) is 0 Å². The zero-order valence-corrected chi connectivity index (χ0v) is 17.8. The van der Waals surface area contributed by atoms with E-state index in [1.54, 1.807) is 0 Å². The van der Waals surface area contributed by atoms with Crippen molar-refractivity contribution in [3.05, 3.63) is 23.8 Å². The van der Waals surface area contributed by atoms with Crippen LogP contribution in [-0.4, -0.2) is 51.8 Å². The number of likely N-dealkylation sites (tertiary alicyclic amines) is 1. The Kier molecular flexibility index (Phi) is 6.16. The monoisotopic (exact) mass is 407 g/mol. The Morgan fingerprint density at radius 1 is 1.00 bits per heavy atom. The van der Waals surface area contributed by atoms with Crippen molar-refractivity contribution in [3.63, 3.8) is 0 Å². The fraction of sp³-hybridized carbons (Fsp3) is 0.727. The maximum Gasteiger partial charge on any atom is 0.231 e. The molecule has 4 rings (SSSR count). The number of sulfone groups is 1. The first kappa shape index (κ1) is 20.0. The average Bonchev–Trinajstić information content (AvgIpc) is 3.16. The molecule has 1 aromatic rings. The van der Waals surface area contributed by atoms with Crippen molar-refractivity contribution in [2.24, 2.45) is 11.8 Å². The molecule has 0 amide bonds. The van der Waals surface area contributed by atoms with E-state index in [0.717, 1.165) is 43.3 Å². The third kappa shape index (κ3) is 5.01. The van der Waals surface area contributed by atoms with Gasteiger partial charge in [-0.05, 0) is 75.6 Å². The van der Waals surface area contributed by atoms with Crippen molar-refractivity contribution in [3.8, 4) is 11.5 Å². The van der Waals surface area contributed by atoms with E-state index >= 15 is 0 Å². The fourth-order valence-electron chi connectivity index (χ4n) is 5.22. The molecule has 0 spiro atoms. The van der Waals surface area contributed by atoms with E-state index in [1.165, 1.54) is 50.5 Å². The molecule has 2 heterocycles. The summed E-state index contributed by atoms with van der Waals surface area (Å²) in [4.78, 5) is 2.61. The first-order chi connectivity index (χ1) is 13.5. The molecule has 6 heteroatoms. The molecule has 2 aliphatic heterocycles. The second kappa shape index (κ2) is 8.62. The highest BCUT2D eigenvalue weighted by molar-refractivity contribution is 7.90. The van der Waals surface area contributed by atoms with Gasteiger partial charge in [-0.15, -0.1) is 0 Å². The Hall–Kier alpha value is -1.27. The minimum atomic E-state index is -2.83. The molecule has 0 atom stereocenters. The summed E-state index contributed by atoms with van der Waals surface area (Å²) in [5.41, 5.74) is 1.32. The summed E-state index contributed by atoms with van der Waals surface area (Å²) in [5, 5.41) is 0. The van der Waals surface area contributed by atoms with Crippen LogP contribution >= 0.6 is 0 Å². The van der Waals surface area contributed by atoms with Gasteiger partial charge in [0.05, 0.1) is 5.75 Å². The Bertz CT molecular complexity index is 763. The molecule has 3 aliphatic rings. The molecule has 0 radical (unpaired) electrons. The van der Waals surface area contributed by atoms with Gasteiger partial charge in [0, 0.05) is 11.8 Å². The Morgan fingerprint density at radius 3 is 2.43 bits per heavy atom. The number of hydrogen-bond acceptors (Lipinski definition) is 5. The minimum Gasteiger partial charge on any atom is -0.454 e. The summed E-state index contributed by atoms with van der Waals surface area (Å²) >= 11 is 0. The van der Waals surface area contributed by atoms with Crippen molar-refractivity contribution in [2.75, 3.05) is 38.4 Å². The molecular weight excluding hydrogens is 374 g/mol. The van der Waals surface area contributed by atoms with Crippen LogP contribution in [0.4, 0.5) is 0 Å². The van der Waals surface area contributed by atoms with Gasteiger partial charge in [0.1, 0.15) is 9.84 Å². The summed E-state index contributed by atoms with van der Waals surface area (Å²) < 4.78 is 34.2. The van der Waals surface area contributed by atoms with E-state index in [4.69, 9.17) is 9.47 Å². The van der Waals surface area contributed by atoms with E-state index < -0.39 is 9.84 Å². The molecule has 0 unspecified atom stereocenters. The lowest BCUT2D eigenvalue weighted by Crippen LogP contribution is -2.35. The van der Waals surface area contributed by atoms with Gasteiger partial charge in [-0.2, -0.15) is 0 Å². The third-order valence-corrected chi connectivity index (χ3v) is 7.89. The highest BCUT2D eigenvalue weighted by atomic mass is 32.2. The van der Waals surface area contributed by atoms with Crippen LogP contribution in [0.1, 0.15) is 56.4 Å². The molecule has 28 heavy (non-hydrogen) atoms. The Labute approximate surface area is 169 Å². The van der Waals surface area contributed by atoms with Crippen molar-refractivity contribution >= 4 is 9.84 Å². The van der Waals surface area contributed by atoms with Gasteiger partial charge >= 0.3 is 0 Å². The lowest BCUT2D eigenvalue weighted by Gasteiger charge is -2.34. The standard InChI is InChI=1S/C22H33NO4S/c1-28(24,25)15-18-7-5-17(6-8-18)9-12-23-13-10-19(11-14-23)20-3-2-4-21-22(20)27-16-26-21/h2-4,17-19H,5-16H2,1H3. The van der Waals surface area contributed by atoms with Gasteiger partial charge in [0.25, 0.3) is 0 Å². The lowest BCUT2D eigenvalue weighted by atomic mass is 9.81. The van der Waals surface area contributed by atoms with Crippen LogP contribution in [-0.2, 0) is 9.84 Å². The average molecular weight is 408 g/mol. The number of para-hydroxylation sites is 1. The quantitative estimate of drug-likeness (QED) is 0.717. The zero-order chi connectivity index (χ0) is 19.6. The highest BCUT2D eigenvalue weighted by Gasteiger charge is 2.28. The van der Waals surface area contributed by atoms with Crippen LogP contribution in [0.2, 0.25) is 0 Å². The number of piperidine rings is 1. The van der Waals surface area contributed by atoms with Crippen LogP contribution in [0.3, 0.4) is 0 Å². The van der Waals surface area contributed by atoms with Crippen LogP contribution in [0.5, 0.6) is 11.5 Å². The van der Waals surface area contributed by atoms with E-state index in [1.807, 2.05) is 6.07 Å². The zero-order valence-electron chi connectivity index (χ0n) is 16.9. The predicted octanol–water partition coefficient (Wildman–Crippen LogP) is 3.84. The molecule has 1 saturated heterocycles. The summed E-state index contributed by atoms with van der Waals surface area (Å²) in [6.45, 7) is 3.83. The summed E-state index contributed by atoms with van der Waals surface area (Å²) in [6.07, 6.45) is 9.55. The van der Waals surface area contributed by atoms with E-state index in [0.29, 0.717) is 24.4 Å². The summed E-state index contributed by atoms with van der Waals surface area (Å²) in [7, 11) is -2.83. The van der Waals surface area contributed by atoms with Crippen molar-refractivity contribution < 1.29 is 17.9 Å². The van der Waals surface area contributed by atoms with Crippen molar-refractivity contribution in [2.45, 2.75) is 50.9 Å². The maximum absolute atomic E-state index is 11.5. The Morgan fingerprint density at radius 2 is 1.71 bits per heavy atom. The summed E-state index contributed by atoms with van der Waals surface area (Å²) in [5.74, 6) is 3.97. The lowest BCUT2D eigenvalue weighted by molar-refractivity contribution is 0.168. The molecule has 1 aliphatic carbocycles. The van der Waals surface area contributed by atoms with E-state index in [9.17, 15) is 8.42 Å². The van der Waals surface area contributed by atoms with Crippen LogP contribution in [0.15, 0.2) is 18.2 Å². The number of benzene rings is 1. The fourth-order valence-corrected chi connectivity index (χ4v) is 6.41. The van der Waals surface area contributed by atoms with Crippen molar-refractivity contribution in [1.29, 1.82) is 0 Å². The number of ether oxygens (including phenoxy) is 2. The number of hydrogen-bond donors (Lipinski definition) is 0.